The first-order chi connectivity index (χ1) is 6.76. The van der Waals surface area contributed by atoms with Crippen molar-refractivity contribution in [2.75, 3.05) is 7.11 Å². The number of hydrogen-bond donors (Lipinski definition) is 0. The Morgan fingerprint density at radius 2 is 2.07 bits per heavy atom. The summed E-state index contributed by atoms with van der Waals surface area (Å²) in [7, 11) is 8.16. The van der Waals surface area contributed by atoms with Crippen LogP contribution in [-0.4, -0.2) is 13.1 Å². The number of ether oxygens (including phenoxy) is 1. The second-order valence-corrected chi connectivity index (χ2v) is 3.89. The Labute approximate surface area is 92.1 Å². The summed E-state index contributed by atoms with van der Waals surface area (Å²) in [5.41, 5.74) is 1.12. The van der Waals surface area contributed by atoms with E-state index >= 15 is 0 Å². The second-order valence-electron chi connectivity index (χ2n) is 2.80. The number of halogens is 1. The summed E-state index contributed by atoms with van der Waals surface area (Å²) in [5, 5.41) is 0. The van der Waals surface area contributed by atoms with Crippen LogP contribution in [0.15, 0.2) is 29.2 Å². The third-order valence-corrected chi connectivity index (χ3v) is 2.84. The summed E-state index contributed by atoms with van der Waals surface area (Å²) in [5.74, 6) is -0.180. The van der Waals surface area contributed by atoms with Gasteiger partial charge in [-0.2, -0.15) is 0 Å². The van der Waals surface area contributed by atoms with Crippen molar-refractivity contribution in [1.29, 1.82) is 0 Å². The molecule has 76 valence electrons. The third kappa shape index (κ3) is 3.60. The number of rotatable bonds is 4. The van der Waals surface area contributed by atoms with Gasteiger partial charge in [-0.25, -0.2) is 0 Å². The van der Waals surface area contributed by atoms with Crippen molar-refractivity contribution in [2.45, 2.75) is 17.7 Å². The molecular weight excluding hydrogens is 220 g/mol. The van der Waals surface area contributed by atoms with Crippen LogP contribution in [-0.2, 0) is 16.0 Å². The predicted octanol–water partition coefficient (Wildman–Crippen LogP) is 3.04. The van der Waals surface area contributed by atoms with Gasteiger partial charge in [0.2, 0.25) is 0 Å². The highest BCUT2D eigenvalue weighted by molar-refractivity contribution is 8.21. The molecule has 0 heterocycles. The van der Waals surface area contributed by atoms with Gasteiger partial charge in [-0.3, -0.25) is 4.79 Å². The first-order valence-electron chi connectivity index (χ1n) is 4.20. The monoisotopic (exact) mass is 230 g/mol. The zero-order valence-corrected chi connectivity index (χ0v) is 9.40. The minimum absolute atomic E-state index is 0.180. The molecule has 0 saturated heterocycles. The summed E-state index contributed by atoms with van der Waals surface area (Å²) >= 11 is 0. The van der Waals surface area contributed by atoms with Gasteiger partial charge in [0.25, 0.3) is 0 Å². The molecule has 1 aromatic carbocycles. The summed E-state index contributed by atoms with van der Waals surface area (Å²) in [6, 6.07) is 7.80. The van der Waals surface area contributed by atoms with Crippen LogP contribution in [0.5, 0.6) is 0 Å². The standard InChI is InChI=1S/C10H11ClO2S/c1-13-10(12)7-4-8-2-5-9(14-11)6-3-8/h2-3,5-6H,4,7H2,1H3. The number of aryl methyl sites for hydroxylation is 1. The maximum atomic E-state index is 10.9. The van der Waals surface area contributed by atoms with Gasteiger partial charge in [-0.1, -0.05) is 12.1 Å². The van der Waals surface area contributed by atoms with Crippen LogP contribution in [0.2, 0.25) is 0 Å². The first-order valence-corrected chi connectivity index (χ1v) is 5.85. The van der Waals surface area contributed by atoms with Crippen molar-refractivity contribution in [2.24, 2.45) is 0 Å². The molecule has 0 unspecified atom stereocenters. The van der Waals surface area contributed by atoms with Crippen LogP contribution in [0.4, 0.5) is 0 Å². The second kappa shape index (κ2) is 5.94. The molecule has 1 rings (SSSR count). The Morgan fingerprint density at radius 3 is 2.57 bits per heavy atom. The molecule has 0 fully saturated rings. The Morgan fingerprint density at radius 1 is 1.43 bits per heavy atom. The number of hydrogen-bond acceptors (Lipinski definition) is 3. The molecule has 2 nitrogen and oxygen atoms in total. The highest BCUT2D eigenvalue weighted by atomic mass is 35.7. The average molecular weight is 231 g/mol. The molecule has 0 amide bonds. The van der Waals surface area contributed by atoms with Crippen molar-refractivity contribution in [1.82, 2.24) is 0 Å². The zero-order valence-electron chi connectivity index (χ0n) is 7.83. The third-order valence-electron chi connectivity index (χ3n) is 1.86. The molecule has 0 atom stereocenters. The zero-order chi connectivity index (χ0) is 10.4. The summed E-state index contributed by atoms with van der Waals surface area (Å²) in [6.45, 7) is 0. The van der Waals surface area contributed by atoms with Gasteiger partial charge < -0.3 is 4.74 Å². The van der Waals surface area contributed by atoms with E-state index in [4.69, 9.17) is 10.7 Å². The van der Waals surface area contributed by atoms with E-state index < -0.39 is 0 Å². The maximum Gasteiger partial charge on any atom is 0.305 e. The quantitative estimate of drug-likeness (QED) is 0.744. The van der Waals surface area contributed by atoms with Crippen LogP contribution < -0.4 is 0 Å². The lowest BCUT2D eigenvalue weighted by Crippen LogP contribution is -2.01. The number of esters is 1. The van der Waals surface area contributed by atoms with Gasteiger partial charge in [-0.15, -0.1) is 0 Å². The lowest BCUT2D eigenvalue weighted by Gasteiger charge is -2.01. The largest absolute Gasteiger partial charge is 0.469 e. The number of carbonyl (C=O) groups excluding carboxylic acids is 1. The van der Waals surface area contributed by atoms with Crippen molar-refractivity contribution < 1.29 is 9.53 Å². The molecule has 0 aromatic heterocycles. The van der Waals surface area contributed by atoms with E-state index in [1.165, 1.54) is 18.1 Å². The van der Waals surface area contributed by atoms with E-state index in [2.05, 4.69) is 4.74 Å². The van der Waals surface area contributed by atoms with Crippen molar-refractivity contribution in [3.05, 3.63) is 29.8 Å². The molecule has 0 spiro atoms. The van der Waals surface area contributed by atoms with E-state index in [0.717, 1.165) is 10.5 Å². The molecule has 0 aliphatic heterocycles. The minimum Gasteiger partial charge on any atom is -0.469 e. The van der Waals surface area contributed by atoms with E-state index in [1.807, 2.05) is 24.3 Å². The Kier molecular flexibility index (Phi) is 4.84. The van der Waals surface area contributed by atoms with E-state index in [1.54, 1.807) is 0 Å². The van der Waals surface area contributed by atoms with Crippen molar-refractivity contribution >= 4 is 27.6 Å². The fourth-order valence-electron chi connectivity index (χ4n) is 1.06. The van der Waals surface area contributed by atoms with Crippen molar-refractivity contribution in [3.8, 4) is 0 Å². The summed E-state index contributed by atoms with van der Waals surface area (Å²) < 4.78 is 4.55. The topological polar surface area (TPSA) is 26.3 Å². The number of methoxy groups -OCH3 is 1. The molecule has 14 heavy (non-hydrogen) atoms. The Bertz CT molecular complexity index is 297. The molecule has 0 bridgehead atoms. The summed E-state index contributed by atoms with van der Waals surface area (Å²) in [4.78, 5) is 11.9. The van der Waals surface area contributed by atoms with Crippen LogP contribution in [0, 0.1) is 0 Å². The lowest BCUT2D eigenvalue weighted by atomic mass is 10.1. The van der Waals surface area contributed by atoms with Gasteiger partial charge in [-0.05, 0) is 45.8 Å². The fraction of sp³-hybridized carbons (Fsp3) is 0.300. The summed E-state index contributed by atoms with van der Waals surface area (Å²) in [6.07, 6.45) is 1.13. The molecule has 1 aromatic rings. The molecular formula is C10H11ClO2S. The Hall–Kier alpha value is -0.670. The number of benzene rings is 1. The Balaban J connectivity index is 2.47. The predicted molar refractivity (Wildman–Crippen MR) is 58.5 cm³/mol. The van der Waals surface area contributed by atoms with Crippen molar-refractivity contribution in [3.63, 3.8) is 0 Å². The van der Waals surface area contributed by atoms with Gasteiger partial charge in [0, 0.05) is 11.3 Å². The van der Waals surface area contributed by atoms with Gasteiger partial charge in [0.1, 0.15) is 0 Å². The van der Waals surface area contributed by atoms with Crippen LogP contribution in [0.25, 0.3) is 0 Å². The smallest absolute Gasteiger partial charge is 0.305 e. The van der Waals surface area contributed by atoms with E-state index in [0.29, 0.717) is 12.8 Å². The first kappa shape index (κ1) is 11.4. The van der Waals surface area contributed by atoms with Gasteiger partial charge in [0.05, 0.1) is 7.11 Å². The van der Waals surface area contributed by atoms with E-state index in [9.17, 15) is 4.79 Å². The fourth-order valence-corrected chi connectivity index (χ4v) is 1.60. The SMILES string of the molecule is COC(=O)CCc1ccc(SCl)cc1. The minimum atomic E-state index is -0.180. The highest BCUT2D eigenvalue weighted by Gasteiger charge is 2.01. The average Bonchev–Trinajstić information content (AvgIpc) is 2.26. The highest BCUT2D eigenvalue weighted by Crippen LogP contribution is 2.22. The van der Waals surface area contributed by atoms with E-state index in [-0.39, 0.29) is 5.97 Å². The molecule has 4 heteroatoms. The van der Waals surface area contributed by atoms with Gasteiger partial charge >= 0.3 is 5.97 Å². The number of carbonyl (C=O) groups is 1. The van der Waals surface area contributed by atoms with Crippen LogP contribution in [0.1, 0.15) is 12.0 Å². The molecule has 0 aliphatic rings. The molecule has 0 saturated carbocycles. The molecule has 0 N–H and O–H groups in total. The normalized spacial score (nSPS) is 9.86. The molecule has 0 radical (unpaired) electrons. The van der Waals surface area contributed by atoms with Crippen LogP contribution >= 0.6 is 21.7 Å². The lowest BCUT2D eigenvalue weighted by molar-refractivity contribution is -0.140. The van der Waals surface area contributed by atoms with Gasteiger partial charge in [0.15, 0.2) is 0 Å². The van der Waals surface area contributed by atoms with Crippen LogP contribution in [0.3, 0.4) is 0 Å². The molecule has 0 aliphatic carbocycles. The maximum absolute atomic E-state index is 10.9.